The third-order valence-electron chi connectivity index (χ3n) is 4.05. The van der Waals surface area contributed by atoms with Crippen LogP contribution in [0.15, 0.2) is 60.8 Å². The summed E-state index contributed by atoms with van der Waals surface area (Å²) in [4.78, 5) is 30.6. The molecule has 0 saturated heterocycles. The van der Waals surface area contributed by atoms with Gasteiger partial charge in [0.2, 0.25) is 11.8 Å². The molecule has 0 aliphatic heterocycles. The molecule has 2 aromatic carbocycles. The first-order chi connectivity index (χ1) is 13.1. The highest BCUT2D eigenvalue weighted by Crippen LogP contribution is 2.26. The van der Waals surface area contributed by atoms with Gasteiger partial charge in [-0.15, -0.1) is 0 Å². The highest BCUT2D eigenvalue weighted by Gasteiger charge is 2.19. The van der Waals surface area contributed by atoms with Crippen LogP contribution in [0, 0.1) is 0 Å². The molecule has 0 aliphatic carbocycles. The van der Waals surface area contributed by atoms with Gasteiger partial charge in [-0.2, -0.15) is 0 Å². The van der Waals surface area contributed by atoms with Gasteiger partial charge in [0.1, 0.15) is 12.3 Å². The second-order valence-electron chi connectivity index (χ2n) is 5.93. The molecule has 0 unspecified atom stereocenters. The Morgan fingerprint density at radius 3 is 2.63 bits per heavy atom. The first kappa shape index (κ1) is 18.4. The second kappa shape index (κ2) is 8.31. The van der Waals surface area contributed by atoms with Crippen molar-refractivity contribution < 1.29 is 14.3 Å². The molecule has 3 aromatic rings. The van der Waals surface area contributed by atoms with E-state index in [1.54, 1.807) is 24.4 Å². The van der Waals surface area contributed by atoms with E-state index in [1.165, 1.54) is 11.8 Å². The lowest BCUT2D eigenvalue weighted by atomic mass is 10.1. The fourth-order valence-electron chi connectivity index (χ4n) is 2.86. The summed E-state index contributed by atoms with van der Waals surface area (Å²) in [5, 5.41) is 3.73. The first-order valence-corrected chi connectivity index (χ1v) is 8.73. The van der Waals surface area contributed by atoms with Crippen molar-refractivity contribution in [3.05, 3.63) is 60.8 Å². The third kappa shape index (κ3) is 4.23. The molecule has 6 heteroatoms. The molecule has 27 heavy (non-hydrogen) atoms. The van der Waals surface area contributed by atoms with Gasteiger partial charge in [-0.1, -0.05) is 30.3 Å². The third-order valence-corrected chi connectivity index (χ3v) is 4.05. The number of pyridine rings is 1. The second-order valence-corrected chi connectivity index (χ2v) is 5.93. The number of nitrogens with one attached hydrogen (secondary N) is 1. The van der Waals surface area contributed by atoms with Crippen LogP contribution in [-0.2, 0) is 9.59 Å². The highest BCUT2D eigenvalue weighted by molar-refractivity contribution is 6.06. The number of rotatable bonds is 6. The van der Waals surface area contributed by atoms with Crippen molar-refractivity contribution in [2.45, 2.75) is 13.8 Å². The normalized spacial score (nSPS) is 10.4. The molecule has 0 fully saturated rings. The Balaban J connectivity index is 1.85. The van der Waals surface area contributed by atoms with Gasteiger partial charge in [0, 0.05) is 18.5 Å². The number of carbonyl (C=O) groups excluding carboxylic acids is 2. The van der Waals surface area contributed by atoms with Crippen LogP contribution in [0.4, 0.5) is 11.4 Å². The van der Waals surface area contributed by atoms with Crippen LogP contribution in [0.2, 0.25) is 0 Å². The number of aromatic nitrogens is 1. The maximum absolute atomic E-state index is 12.6. The molecule has 1 N–H and O–H groups in total. The average molecular weight is 363 g/mol. The molecule has 6 nitrogen and oxygen atoms in total. The summed E-state index contributed by atoms with van der Waals surface area (Å²) in [6, 6.07) is 16.5. The number of hydrogen-bond donors (Lipinski definition) is 1. The van der Waals surface area contributed by atoms with Gasteiger partial charge < -0.3 is 15.0 Å². The SMILES string of the molecule is CCOc1ccccc1NC(=O)CN(C(C)=O)c1cccc2cccnc12. The summed E-state index contributed by atoms with van der Waals surface area (Å²) in [5.74, 6) is 0.0428. The lowest BCUT2D eigenvalue weighted by Crippen LogP contribution is -2.37. The number of nitrogens with zero attached hydrogens (tertiary/aromatic N) is 2. The van der Waals surface area contributed by atoms with Crippen LogP contribution in [0.5, 0.6) is 5.75 Å². The molecular formula is C21H21N3O3. The number of hydrogen-bond acceptors (Lipinski definition) is 4. The number of amides is 2. The molecule has 0 spiro atoms. The number of ether oxygens (including phenoxy) is 1. The summed E-state index contributed by atoms with van der Waals surface area (Å²) in [7, 11) is 0. The van der Waals surface area contributed by atoms with Gasteiger partial charge in [0.05, 0.1) is 23.5 Å². The number of benzene rings is 2. The summed E-state index contributed by atoms with van der Waals surface area (Å²) in [6.07, 6.45) is 1.67. The smallest absolute Gasteiger partial charge is 0.244 e. The highest BCUT2D eigenvalue weighted by atomic mass is 16.5. The van der Waals surface area contributed by atoms with Gasteiger partial charge in [0.15, 0.2) is 0 Å². The molecule has 3 rings (SSSR count). The quantitative estimate of drug-likeness (QED) is 0.726. The van der Waals surface area contributed by atoms with Crippen LogP contribution in [0.25, 0.3) is 10.9 Å². The monoisotopic (exact) mass is 363 g/mol. The van der Waals surface area contributed by atoms with Crippen molar-refractivity contribution in [2.75, 3.05) is 23.4 Å². The summed E-state index contributed by atoms with van der Waals surface area (Å²) in [5.41, 5.74) is 1.86. The Labute approximate surface area is 157 Å². The van der Waals surface area contributed by atoms with E-state index in [2.05, 4.69) is 10.3 Å². The van der Waals surface area contributed by atoms with Crippen molar-refractivity contribution in [3.8, 4) is 5.75 Å². The summed E-state index contributed by atoms with van der Waals surface area (Å²) in [6.45, 7) is 3.69. The maximum atomic E-state index is 12.6. The van der Waals surface area contributed by atoms with Crippen molar-refractivity contribution in [1.82, 2.24) is 4.98 Å². The van der Waals surface area contributed by atoms with E-state index in [4.69, 9.17) is 4.74 Å². The number of anilines is 2. The molecule has 0 atom stereocenters. The van der Waals surface area contributed by atoms with Gasteiger partial charge in [0.25, 0.3) is 0 Å². The lowest BCUT2D eigenvalue weighted by molar-refractivity contribution is -0.120. The van der Waals surface area contributed by atoms with Gasteiger partial charge in [-0.25, -0.2) is 0 Å². The lowest BCUT2D eigenvalue weighted by Gasteiger charge is -2.22. The molecule has 1 aromatic heterocycles. The Bertz CT molecular complexity index is 966. The van der Waals surface area contributed by atoms with Gasteiger partial charge >= 0.3 is 0 Å². The Morgan fingerprint density at radius 2 is 1.85 bits per heavy atom. The van der Waals surface area contributed by atoms with Crippen LogP contribution >= 0.6 is 0 Å². The molecule has 1 heterocycles. The van der Waals surface area contributed by atoms with Crippen molar-refractivity contribution in [3.63, 3.8) is 0 Å². The van der Waals surface area contributed by atoms with Crippen LogP contribution in [0.1, 0.15) is 13.8 Å². The fourth-order valence-corrected chi connectivity index (χ4v) is 2.86. The minimum absolute atomic E-state index is 0.120. The minimum atomic E-state index is -0.315. The van der Waals surface area contributed by atoms with E-state index >= 15 is 0 Å². The number of para-hydroxylation sites is 3. The Hall–Kier alpha value is -3.41. The van der Waals surface area contributed by atoms with Crippen molar-refractivity contribution in [1.29, 1.82) is 0 Å². The van der Waals surface area contributed by atoms with E-state index in [0.717, 1.165) is 5.39 Å². The van der Waals surface area contributed by atoms with Gasteiger partial charge in [-0.3, -0.25) is 14.6 Å². The first-order valence-electron chi connectivity index (χ1n) is 8.73. The topological polar surface area (TPSA) is 71.5 Å². The predicted molar refractivity (Wildman–Crippen MR) is 106 cm³/mol. The standard InChI is InChI=1S/C21H21N3O3/c1-3-27-19-12-5-4-10-17(19)23-20(26)14-24(15(2)25)18-11-6-8-16-9-7-13-22-21(16)18/h4-13H,3,14H2,1-2H3,(H,23,26). The average Bonchev–Trinajstić information content (AvgIpc) is 2.67. The molecule has 0 aliphatic rings. The van der Waals surface area contributed by atoms with Crippen LogP contribution in [-0.4, -0.2) is 29.9 Å². The van der Waals surface area contributed by atoms with E-state index in [-0.39, 0.29) is 18.4 Å². The van der Waals surface area contributed by atoms with Crippen molar-refractivity contribution >= 4 is 34.1 Å². The molecular weight excluding hydrogens is 342 g/mol. The van der Waals surface area contributed by atoms with Crippen LogP contribution < -0.4 is 15.0 Å². The molecule has 138 valence electrons. The molecule has 2 amide bonds. The van der Waals surface area contributed by atoms with Crippen molar-refractivity contribution in [2.24, 2.45) is 0 Å². The maximum Gasteiger partial charge on any atom is 0.244 e. The van der Waals surface area contributed by atoms with Gasteiger partial charge in [-0.05, 0) is 31.2 Å². The van der Waals surface area contributed by atoms with Crippen LogP contribution in [0.3, 0.4) is 0 Å². The fraction of sp³-hybridized carbons (Fsp3) is 0.190. The largest absolute Gasteiger partial charge is 0.492 e. The zero-order valence-corrected chi connectivity index (χ0v) is 15.3. The van der Waals surface area contributed by atoms with E-state index < -0.39 is 0 Å². The van der Waals surface area contributed by atoms with E-state index in [0.29, 0.717) is 29.2 Å². The summed E-state index contributed by atoms with van der Waals surface area (Å²) < 4.78 is 5.53. The predicted octanol–water partition coefficient (Wildman–Crippen LogP) is 3.63. The zero-order chi connectivity index (χ0) is 19.2. The molecule has 0 radical (unpaired) electrons. The number of fused-ring (bicyclic) bond motifs is 1. The molecule has 0 bridgehead atoms. The Kier molecular flexibility index (Phi) is 5.66. The zero-order valence-electron chi connectivity index (χ0n) is 15.3. The minimum Gasteiger partial charge on any atom is -0.492 e. The van der Waals surface area contributed by atoms with E-state index in [9.17, 15) is 9.59 Å². The van der Waals surface area contributed by atoms with E-state index in [1.807, 2.05) is 43.3 Å². The molecule has 0 saturated carbocycles. The number of carbonyl (C=O) groups is 2. The summed E-state index contributed by atoms with van der Waals surface area (Å²) >= 11 is 0. The Morgan fingerprint density at radius 1 is 1.07 bits per heavy atom.